The average molecular weight is 260 g/mol. The minimum atomic E-state index is -1.07. The van der Waals surface area contributed by atoms with Crippen molar-refractivity contribution in [3.05, 3.63) is 44.4 Å². The van der Waals surface area contributed by atoms with Crippen molar-refractivity contribution in [2.45, 2.75) is 19.1 Å². The Morgan fingerprint density at radius 3 is 2.71 bits per heavy atom. The highest BCUT2D eigenvalue weighted by atomic mass is 79.9. The number of rotatable bonds is 3. The van der Waals surface area contributed by atoms with Crippen molar-refractivity contribution in [2.24, 2.45) is 0 Å². The van der Waals surface area contributed by atoms with Crippen molar-refractivity contribution in [2.75, 3.05) is 0 Å². The molecule has 0 spiro atoms. The number of aliphatic hydroxyl groups excluding tert-OH is 1. The van der Waals surface area contributed by atoms with Crippen molar-refractivity contribution >= 4 is 15.9 Å². The van der Waals surface area contributed by atoms with Crippen LogP contribution in [0.5, 0.6) is 0 Å². The van der Waals surface area contributed by atoms with E-state index in [1.165, 1.54) is 6.92 Å². The number of nitrogens with zero attached hydrogens (tertiary/aromatic N) is 1. The molecule has 5 heteroatoms. The first-order chi connectivity index (χ1) is 6.52. The molecule has 0 aliphatic rings. The number of hydrogen-bond acceptors (Lipinski definition) is 3. The molecule has 4 nitrogen and oxygen atoms in total. The second-order valence-corrected chi connectivity index (χ2v) is 3.94. The van der Waals surface area contributed by atoms with Crippen LogP contribution in [0.2, 0.25) is 0 Å². The van der Waals surface area contributed by atoms with Crippen LogP contribution in [-0.2, 0) is 0 Å². The largest absolute Gasteiger partial charge is 0.381 e. The standard InChI is InChI=1S/C9H10BrNO3/c1-6(11(13)14)9(12)7-3-2-4-8(10)5-7/h2-6,9,12H,1H3. The van der Waals surface area contributed by atoms with Crippen LogP contribution in [0.25, 0.3) is 0 Å². The summed E-state index contributed by atoms with van der Waals surface area (Å²) in [5, 5.41) is 20.1. The summed E-state index contributed by atoms with van der Waals surface area (Å²) in [5.41, 5.74) is 0.545. The molecule has 0 aliphatic carbocycles. The monoisotopic (exact) mass is 259 g/mol. The van der Waals surface area contributed by atoms with E-state index in [4.69, 9.17) is 0 Å². The van der Waals surface area contributed by atoms with E-state index in [1.54, 1.807) is 24.3 Å². The minimum Gasteiger partial charge on any atom is -0.381 e. The number of halogens is 1. The molecule has 0 aromatic heterocycles. The summed E-state index contributed by atoms with van der Waals surface area (Å²) in [4.78, 5) is 9.94. The highest BCUT2D eigenvalue weighted by Crippen LogP contribution is 2.21. The van der Waals surface area contributed by atoms with Gasteiger partial charge in [-0.05, 0) is 17.7 Å². The maximum Gasteiger partial charge on any atom is 0.239 e. The summed E-state index contributed by atoms with van der Waals surface area (Å²) >= 11 is 3.24. The third-order valence-corrected chi connectivity index (χ3v) is 2.47. The van der Waals surface area contributed by atoms with Gasteiger partial charge in [-0.1, -0.05) is 28.1 Å². The summed E-state index contributed by atoms with van der Waals surface area (Å²) in [6, 6.07) is 5.87. The van der Waals surface area contributed by atoms with Gasteiger partial charge in [0.25, 0.3) is 0 Å². The van der Waals surface area contributed by atoms with Crippen LogP contribution in [0.3, 0.4) is 0 Å². The van der Waals surface area contributed by atoms with Crippen LogP contribution in [0.15, 0.2) is 28.7 Å². The smallest absolute Gasteiger partial charge is 0.239 e. The van der Waals surface area contributed by atoms with Crippen molar-refractivity contribution < 1.29 is 10.0 Å². The molecule has 0 heterocycles. The van der Waals surface area contributed by atoms with Crippen molar-refractivity contribution in [1.82, 2.24) is 0 Å². The maximum absolute atomic E-state index is 10.4. The minimum absolute atomic E-state index is 0.494. The zero-order valence-corrected chi connectivity index (χ0v) is 9.14. The Hall–Kier alpha value is -0.940. The molecule has 14 heavy (non-hydrogen) atoms. The summed E-state index contributed by atoms with van der Waals surface area (Å²) in [5.74, 6) is 0. The van der Waals surface area contributed by atoms with Gasteiger partial charge >= 0.3 is 0 Å². The fourth-order valence-electron chi connectivity index (χ4n) is 1.08. The number of aliphatic hydroxyl groups is 1. The predicted octanol–water partition coefficient (Wildman–Crippen LogP) is 2.15. The van der Waals surface area contributed by atoms with Gasteiger partial charge in [0.1, 0.15) is 6.10 Å². The van der Waals surface area contributed by atoms with Crippen LogP contribution >= 0.6 is 15.9 Å². The van der Waals surface area contributed by atoms with Gasteiger partial charge in [0.05, 0.1) is 0 Å². The van der Waals surface area contributed by atoms with Crippen molar-refractivity contribution in [3.63, 3.8) is 0 Å². The lowest BCUT2D eigenvalue weighted by atomic mass is 10.0. The molecule has 76 valence electrons. The van der Waals surface area contributed by atoms with E-state index >= 15 is 0 Å². The molecule has 0 fully saturated rings. The molecule has 1 rings (SSSR count). The molecule has 1 aromatic rings. The van der Waals surface area contributed by atoms with Crippen LogP contribution in [0.1, 0.15) is 18.6 Å². The first-order valence-electron chi connectivity index (χ1n) is 4.09. The number of nitro groups is 1. The van der Waals surface area contributed by atoms with Gasteiger partial charge in [0.15, 0.2) is 0 Å². The first kappa shape index (κ1) is 11.1. The first-order valence-corrected chi connectivity index (χ1v) is 4.88. The van der Waals surface area contributed by atoms with E-state index in [-0.39, 0.29) is 0 Å². The third kappa shape index (κ3) is 2.52. The molecule has 1 aromatic carbocycles. The molecule has 0 radical (unpaired) electrons. The number of benzene rings is 1. The van der Waals surface area contributed by atoms with Gasteiger partial charge in [0, 0.05) is 16.3 Å². The second-order valence-electron chi connectivity index (χ2n) is 3.03. The third-order valence-electron chi connectivity index (χ3n) is 1.98. The summed E-state index contributed by atoms with van der Waals surface area (Å²) in [6.45, 7) is 1.38. The van der Waals surface area contributed by atoms with Gasteiger partial charge in [-0.2, -0.15) is 0 Å². The zero-order chi connectivity index (χ0) is 10.7. The lowest BCUT2D eigenvalue weighted by Crippen LogP contribution is -2.23. The van der Waals surface area contributed by atoms with E-state index in [0.717, 1.165) is 4.47 Å². The summed E-state index contributed by atoms with van der Waals surface area (Å²) < 4.78 is 0.796. The Labute approximate surface area is 89.8 Å². The average Bonchev–Trinajstić information content (AvgIpc) is 2.15. The fourth-order valence-corrected chi connectivity index (χ4v) is 1.50. The molecule has 1 N–H and O–H groups in total. The molecule has 0 amide bonds. The summed E-state index contributed by atoms with van der Waals surface area (Å²) in [7, 11) is 0. The molecule has 2 atom stereocenters. The van der Waals surface area contributed by atoms with Gasteiger partial charge < -0.3 is 5.11 Å². The van der Waals surface area contributed by atoms with Crippen molar-refractivity contribution in [1.29, 1.82) is 0 Å². The van der Waals surface area contributed by atoms with E-state index < -0.39 is 17.1 Å². The molecule has 0 aliphatic heterocycles. The van der Waals surface area contributed by atoms with Crippen molar-refractivity contribution in [3.8, 4) is 0 Å². The van der Waals surface area contributed by atoms with E-state index in [2.05, 4.69) is 15.9 Å². The maximum atomic E-state index is 10.4. The topological polar surface area (TPSA) is 63.4 Å². The van der Waals surface area contributed by atoms with Gasteiger partial charge in [0.2, 0.25) is 6.04 Å². The van der Waals surface area contributed by atoms with Gasteiger partial charge in [-0.15, -0.1) is 0 Å². The van der Waals surface area contributed by atoms with Gasteiger partial charge in [-0.25, -0.2) is 0 Å². The normalized spacial score (nSPS) is 14.8. The molecular formula is C9H10BrNO3. The Bertz CT molecular complexity index is 343. The second kappa shape index (κ2) is 4.52. The van der Waals surface area contributed by atoms with Crippen LogP contribution in [0, 0.1) is 10.1 Å². The van der Waals surface area contributed by atoms with Crippen LogP contribution < -0.4 is 0 Å². The van der Waals surface area contributed by atoms with Crippen LogP contribution in [-0.4, -0.2) is 16.1 Å². The van der Waals surface area contributed by atoms with E-state index in [9.17, 15) is 15.2 Å². The molecule has 0 saturated carbocycles. The SMILES string of the molecule is CC(C(O)c1cccc(Br)c1)[N+](=O)[O-]. The number of hydrogen-bond donors (Lipinski definition) is 1. The Kier molecular flexibility index (Phi) is 3.60. The van der Waals surface area contributed by atoms with Gasteiger partial charge in [-0.3, -0.25) is 10.1 Å². The predicted molar refractivity (Wildman–Crippen MR) is 55.6 cm³/mol. The molecular weight excluding hydrogens is 250 g/mol. The van der Waals surface area contributed by atoms with Crippen LogP contribution in [0.4, 0.5) is 0 Å². The fraction of sp³-hybridized carbons (Fsp3) is 0.333. The Morgan fingerprint density at radius 1 is 1.57 bits per heavy atom. The molecule has 0 saturated heterocycles. The zero-order valence-electron chi connectivity index (χ0n) is 7.55. The summed E-state index contributed by atoms with van der Waals surface area (Å²) in [6.07, 6.45) is -1.07. The Morgan fingerprint density at radius 2 is 2.21 bits per heavy atom. The lowest BCUT2D eigenvalue weighted by Gasteiger charge is -2.12. The lowest BCUT2D eigenvalue weighted by molar-refractivity contribution is -0.531. The molecule has 2 unspecified atom stereocenters. The Balaban J connectivity index is 2.89. The van der Waals surface area contributed by atoms with E-state index in [1.807, 2.05) is 0 Å². The highest BCUT2D eigenvalue weighted by Gasteiger charge is 2.25. The molecule has 0 bridgehead atoms. The van der Waals surface area contributed by atoms with E-state index in [0.29, 0.717) is 5.56 Å². The highest BCUT2D eigenvalue weighted by molar-refractivity contribution is 9.10. The quantitative estimate of drug-likeness (QED) is 0.669.